The van der Waals surface area contributed by atoms with E-state index in [1.54, 1.807) is 24.3 Å². The Morgan fingerprint density at radius 1 is 0.806 bits per heavy atom. The second-order valence-electron chi connectivity index (χ2n) is 7.94. The van der Waals surface area contributed by atoms with Crippen LogP contribution in [-0.4, -0.2) is 35.6 Å². The quantitative estimate of drug-likeness (QED) is 0.469. The SMILES string of the molecule is CCN(CC)c1ccc(C(c2ccc(N(C)C)cc2C)S(=O)(=O)c2ccccc2)cc1. The molecular weight excluding hydrogens is 404 g/mol. The Balaban J connectivity index is 2.16. The summed E-state index contributed by atoms with van der Waals surface area (Å²) in [7, 11) is 0.335. The van der Waals surface area contributed by atoms with Gasteiger partial charge in [0.05, 0.1) is 4.90 Å². The maximum absolute atomic E-state index is 13.8. The van der Waals surface area contributed by atoms with Crippen molar-refractivity contribution in [1.29, 1.82) is 0 Å². The van der Waals surface area contributed by atoms with Crippen molar-refractivity contribution in [2.45, 2.75) is 30.9 Å². The summed E-state index contributed by atoms with van der Waals surface area (Å²) in [6.07, 6.45) is 0. The van der Waals surface area contributed by atoms with Crippen LogP contribution in [0.25, 0.3) is 0 Å². The minimum Gasteiger partial charge on any atom is -0.378 e. The van der Waals surface area contributed by atoms with Crippen LogP contribution in [0.3, 0.4) is 0 Å². The molecule has 0 N–H and O–H groups in total. The number of rotatable bonds is 8. The van der Waals surface area contributed by atoms with Gasteiger partial charge in [-0.15, -0.1) is 0 Å². The van der Waals surface area contributed by atoms with E-state index in [0.29, 0.717) is 4.90 Å². The summed E-state index contributed by atoms with van der Waals surface area (Å²) in [5.74, 6) is 0. The van der Waals surface area contributed by atoms with Crippen LogP contribution in [0.2, 0.25) is 0 Å². The van der Waals surface area contributed by atoms with E-state index in [1.807, 2.05) is 74.4 Å². The Bertz CT molecular complexity index is 1100. The van der Waals surface area contributed by atoms with Gasteiger partial charge in [0.1, 0.15) is 5.25 Å². The number of benzene rings is 3. The van der Waals surface area contributed by atoms with E-state index in [4.69, 9.17) is 0 Å². The first-order valence-corrected chi connectivity index (χ1v) is 12.3. The first kappa shape index (κ1) is 22.9. The summed E-state index contributed by atoms with van der Waals surface area (Å²) < 4.78 is 27.6. The van der Waals surface area contributed by atoms with E-state index in [2.05, 4.69) is 18.7 Å². The minimum atomic E-state index is -3.63. The molecule has 0 amide bonds. The Morgan fingerprint density at radius 2 is 1.39 bits per heavy atom. The van der Waals surface area contributed by atoms with Crippen molar-refractivity contribution < 1.29 is 8.42 Å². The highest BCUT2D eigenvalue weighted by molar-refractivity contribution is 7.92. The summed E-state index contributed by atoms with van der Waals surface area (Å²) in [5.41, 5.74) is 4.70. The molecule has 0 bridgehead atoms. The monoisotopic (exact) mass is 436 g/mol. The standard InChI is InChI=1S/C26H32N2O2S/c1-6-28(7-2)22-15-13-21(14-16-22)26(31(29,30)24-11-9-8-10-12-24)25-18-17-23(27(4)5)19-20(25)3/h8-19,26H,6-7H2,1-5H3. The molecule has 1 unspecified atom stereocenters. The third kappa shape index (κ3) is 4.77. The number of sulfone groups is 1. The lowest BCUT2D eigenvalue weighted by Gasteiger charge is -2.24. The van der Waals surface area contributed by atoms with Crippen LogP contribution in [0.15, 0.2) is 77.7 Å². The average Bonchev–Trinajstić information content (AvgIpc) is 2.77. The molecule has 0 fully saturated rings. The van der Waals surface area contributed by atoms with Crippen LogP contribution >= 0.6 is 0 Å². The number of hydrogen-bond acceptors (Lipinski definition) is 4. The highest BCUT2D eigenvalue weighted by Gasteiger charge is 2.32. The number of aryl methyl sites for hydroxylation is 1. The van der Waals surface area contributed by atoms with Gasteiger partial charge in [0.15, 0.2) is 9.84 Å². The predicted octanol–water partition coefficient (Wildman–Crippen LogP) is 5.47. The van der Waals surface area contributed by atoms with Crippen LogP contribution < -0.4 is 9.80 Å². The Kier molecular flexibility index (Phi) is 7.06. The second-order valence-corrected chi connectivity index (χ2v) is 9.97. The van der Waals surface area contributed by atoms with Gasteiger partial charge in [0.25, 0.3) is 0 Å². The van der Waals surface area contributed by atoms with Gasteiger partial charge in [-0.05, 0) is 73.9 Å². The molecule has 0 radical (unpaired) electrons. The Labute approximate surface area is 187 Å². The Hall–Kier alpha value is -2.79. The van der Waals surface area contributed by atoms with E-state index in [0.717, 1.165) is 41.2 Å². The van der Waals surface area contributed by atoms with Gasteiger partial charge >= 0.3 is 0 Å². The maximum Gasteiger partial charge on any atom is 0.189 e. The molecule has 4 nitrogen and oxygen atoms in total. The van der Waals surface area contributed by atoms with Gasteiger partial charge in [0.2, 0.25) is 0 Å². The largest absolute Gasteiger partial charge is 0.378 e. The van der Waals surface area contributed by atoms with Crippen LogP contribution in [0, 0.1) is 6.92 Å². The number of anilines is 2. The molecular formula is C26H32N2O2S. The highest BCUT2D eigenvalue weighted by atomic mass is 32.2. The summed E-state index contributed by atoms with van der Waals surface area (Å²) in [6.45, 7) is 8.05. The van der Waals surface area contributed by atoms with Gasteiger partial charge in [-0.25, -0.2) is 8.42 Å². The first-order valence-electron chi connectivity index (χ1n) is 10.7. The topological polar surface area (TPSA) is 40.6 Å². The molecule has 0 saturated heterocycles. The van der Waals surface area contributed by atoms with Crippen LogP contribution in [-0.2, 0) is 9.84 Å². The Morgan fingerprint density at radius 3 is 1.90 bits per heavy atom. The normalized spacial score (nSPS) is 12.4. The molecule has 0 aromatic heterocycles. The van der Waals surface area contributed by atoms with Gasteiger partial charge in [-0.3, -0.25) is 0 Å². The fraction of sp³-hybridized carbons (Fsp3) is 0.308. The zero-order valence-electron chi connectivity index (χ0n) is 19.0. The predicted molar refractivity (Wildman–Crippen MR) is 131 cm³/mol. The second kappa shape index (κ2) is 9.56. The summed E-state index contributed by atoms with van der Waals surface area (Å²) in [4.78, 5) is 4.61. The van der Waals surface area contributed by atoms with Crippen molar-refractivity contribution in [2.24, 2.45) is 0 Å². The fourth-order valence-corrected chi connectivity index (χ4v) is 5.88. The average molecular weight is 437 g/mol. The number of nitrogens with zero attached hydrogens (tertiary/aromatic N) is 2. The molecule has 3 rings (SSSR count). The van der Waals surface area contributed by atoms with Gasteiger partial charge in [-0.2, -0.15) is 0 Å². The van der Waals surface area contributed by atoms with Crippen molar-refractivity contribution >= 4 is 21.2 Å². The third-order valence-electron chi connectivity index (χ3n) is 5.76. The molecule has 31 heavy (non-hydrogen) atoms. The lowest BCUT2D eigenvalue weighted by Crippen LogP contribution is -2.22. The van der Waals surface area contributed by atoms with Gasteiger partial charge < -0.3 is 9.80 Å². The highest BCUT2D eigenvalue weighted by Crippen LogP contribution is 2.38. The zero-order chi connectivity index (χ0) is 22.6. The molecule has 3 aromatic carbocycles. The lowest BCUT2D eigenvalue weighted by atomic mass is 9.99. The van der Waals surface area contributed by atoms with E-state index in [1.165, 1.54) is 0 Å². The molecule has 3 aromatic rings. The van der Waals surface area contributed by atoms with Crippen LogP contribution in [0.1, 0.15) is 35.8 Å². The van der Waals surface area contributed by atoms with Crippen LogP contribution in [0.5, 0.6) is 0 Å². The summed E-state index contributed by atoms with van der Waals surface area (Å²) in [6, 6.07) is 22.7. The van der Waals surface area contributed by atoms with Crippen molar-refractivity contribution in [3.8, 4) is 0 Å². The van der Waals surface area contributed by atoms with Gasteiger partial charge in [-0.1, -0.05) is 36.4 Å². The zero-order valence-corrected chi connectivity index (χ0v) is 19.9. The fourth-order valence-electron chi connectivity index (χ4n) is 3.95. The minimum absolute atomic E-state index is 0.337. The summed E-state index contributed by atoms with van der Waals surface area (Å²) in [5, 5.41) is -0.767. The lowest BCUT2D eigenvalue weighted by molar-refractivity contribution is 0.589. The first-order chi connectivity index (χ1) is 14.8. The van der Waals surface area contributed by atoms with Crippen molar-refractivity contribution in [1.82, 2.24) is 0 Å². The molecule has 164 valence electrons. The van der Waals surface area contributed by atoms with E-state index < -0.39 is 15.1 Å². The maximum atomic E-state index is 13.8. The number of hydrogen-bond donors (Lipinski definition) is 0. The smallest absolute Gasteiger partial charge is 0.189 e. The molecule has 0 aliphatic heterocycles. The molecule has 0 heterocycles. The third-order valence-corrected chi connectivity index (χ3v) is 7.83. The molecule has 0 saturated carbocycles. The van der Waals surface area contributed by atoms with E-state index in [9.17, 15) is 8.42 Å². The van der Waals surface area contributed by atoms with Crippen molar-refractivity contribution in [2.75, 3.05) is 37.0 Å². The van der Waals surface area contributed by atoms with E-state index in [-0.39, 0.29) is 0 Å². The van der Waals surface area contributed by atoms with Gasteiger partial charge in [0, 0.05) is 38.6 Å². The van der Waals surface area contributed by atoms with Crippen LogP contribution in [0.4, 0.5) is 11.4 Å². The molecule has 5 heteroatoms. The van der Waals surface area contributed by atoms with Crippen molar-refractivity contribution in [3.05, 3.63) is 89.5 Å². The molecule has 0 aliphatic rings. The summed E-state index contributed by atoms with van der Waals surface area (Å²) >= 11 is 0. The van der Waals surface area contributed by atoms with Crippen molar-refractivity contribution in [3.63, 3.8) is 0 Å². The molecule has 0 spiro atoms. The molecule has 0 aliphatic carbocycles. The molecule has 1 atom stereocenters. The van der Waals surface area contributed by atoms with E-state index >= 15 is 0 Å².